The van der Waals surface area contributed by atoms with Crippen molar-refractivity contribution < 1.29 is 23.5 Å². The van der Waals surface area contributed by atoms with Crippen LogP contribution < -0.4 is 14.4 Å². The molecule has 1 saturated carbocycles. The lowest BCUT2D eigenvalue weighted by molar-refractivity contribution is -0.136. The van der Waals surface area contributed by atoms with Crippen molar-refractivity contribution in [1.29, 1.82) is 0 Å². The topological polar surface area (TPSA) is 62.3 Å². The van der Waals surface area contributed by atoms with Gasteiger partial charge in [0.05, 0.1) is 12.8 Å². The fourth-order valence-electron chi connectivity index (χ4n) is 4.14. The van der Waals surface area contributed by atoms with E-state index in [0.717, 1.165) is 12.8 Å². The lowest BCUT2D eigenvalue weighted by atomic mass is 10.2. The number of nitrogens with zero attached hydrogens (tertiary/aromatic N) is 3. The van der Waals surface area contributed by atoms with Crippen molar-refractivity contribution in [1.82, 2.24) is 9.80 Å². The summed E-state index contributed by atoms with van der Waals surface area (Å²) in [5.41, 5.74) is 0.574. The van der Waals surface area contributed by atoms with E-state index in [1.807, 2.05) is 23.1 Å². The van der Waals surface area contributed by atoms with Crippen molar-refractivity contribution in [3.05, 3.63) is 54.3 Å². The van der Waals surface area contributed by atoms with Gasteiger partial charge in [0.15, 0.2) is 18.1 Å². The number of rotatable bonds is 9. The molecule has 0 spiro atoms. The molecule has 0 atom stereocenters. The number of benzene rings is 2. The van der Waals surface area contributed by atoms with Crippen molar-refractivity contribution in [2.24, 2.45) is 0 Å². The molecule has 1 aliphatic carbocycles. The Balaban J connectivity index is 1.26. The maximum Gasteiger partial charge on any atom is 0.260 e. The first-order valence-corrected chi connectivity index (χ1v) is 11.4. The van der Waals surface area contributed by atoms with Crippen molar-refractivity contribution in [3.63, 3.8) is 0 Å². The number of piperazine rings is 1. The van der Waals surface area contributed by atoms with Crippen LogP contribution in [0, 0.1) is 5.82 Å². The smallest absolute Gasteiger partial charge is 0.260 e. The third-order valence-electron chi connectivity index (χ3n) is 6.12. The van der Waals surface area contributed by atoms with Gasteiger partial charge in [-0.3, -0.25) is 9.59 Å². The Morgan fingerprint density at radius 3 is 2.33 bits per heavy atom. The molecule has 1 saturated heterocycles. The van der Waals surface area contributed by atoms with Crippen LogP contribution in [0.3, 0.4) is 0 Å². The minimum atomic E-state index is -0.244. The Labute approximate surface area is 193 Å². The molecule has 176 valence electrons. The molecule has 4 rings (SSSR count). The van der Waals surface area contributed by atoms with Crippen LogP contribution >= 0.6 is 0 Å². The molecule has 0 radical (unpaired) electrons. The standard InChI is InChI=1S/C25H30FN3O4/c1-32-22-8-4-5-9-23(22)33-18-25(31)29(19-10-11-19)13-12-24(30)28-16-14-27(15-17-28)21-7-3-2-6-20(21)26/h2-9,19H,10-18H2,1H3. The molecule has 33 heavy (non-hydrogen) atoms. The molecule has 7 nitrogen and oxygen atoms in total. The fourth-order valence-corrected chi connectivity index (χ4v) is 4.14. The van der Waals surface area contributed by atoms with Crippen LogP contribution in [0.4, 0.5) is 10.1 Å². The molecule has 0 aromatic heterocycles. The van der Waals surface area contributed by atoms with Crippen molar-refractivity contribution in [2.45, 2.75) is 25.3 Å². The largest absolute Gasteiger partial charge is 0.493 e. The van der Waals surface area contributed by atoms with Gasteiger partial charge < -0.3 is 24.2 Å². The van der Waals surface area contributed by atoms with E-state index < -0.39 is 0 Å². The van der Waals surface area contributed by atoms with Gasteiger partial charge in [-0.2, -0.15) is 0 Å². The molecular weight excluding hydrogens is 425 g/mol. The second-order valence-corrected chi connectivity index (χ2v) is 8.33. The van der Waals surface area contributed by atoms with E-state index in [-0.39, 0.29) is 36.7 Å². The quantitative estimate of drug-likeness (QED) is 0.582. The van der Waals surface area contributed by atoms with Crippen LogP contribution in [0.2, 0.25) is 0 Å². The van der Waals surface area contributed by atoms with E-state index >= 15 is 0 Å². The third-order valence-corrected chi connectivity index (χ3v) is 6.12. The zero-order chi connectivity index (χ0) is 23.2. The van der Waals surface area contributed by atoms with Gasteiger partial charge in [0.1, 0.15) is 5.82 Å². The number of carbonyl (C=O) groups excluding carboxylic acids is 2. The zero-order valence-corrected chi connectivity index (χ0v) is 18.9. The van der Waals surface area contributed by atoms with Crippen LogP contribution in [0.5, 0.6) is 11.5 Å². The molecule has 1 heterocycles. The van der Waals surface area contributed by atoms with E-state index in [1.165, 1.54) is 6.07 Å². The summed E-state index contributed by atoms with van der Waals surface area (Å²) in [4.78, 5) is 31.1. The van der Waals surface area contributed by atoms with Crippen molar-refractivity contribution in [3.8, 4) is 11.5 Å². The summed E-state index contributed by atoms with van der Waals surface area (Å²) in [6.07, 6.45) is 2.18. The number of hydrogen-bond donors (Lipinski definition) is 0. The summed E-state index contributed by atoms with van der Waals surface area (Å²) in [6.45, 7) is 2.55. The Hall–Kier alpha value is -3.29. The highest BCUT2D eigenvalue weighted by Crippen LogP contribution is 2.29. The Morgan fingerprint density at radius 1 is 1.00 bits per heavy atom. The second kappa shape index (κ2) is 10.6. The summed E-state index contributed by atoms with van der Waals surface area (Å²) in [6, 6.07) is 14.1. The molecule has 2 amide bonds. The minimum Gasteiger partial charge on any atom is -0.493 e. The van der Waals surface area contributed by atoms with Crippen molar-refractivity contribution in [2.75, 3.05) is 51.3 Å². The van der Waals surface area contributed by atoms with Gasteiger partial charge in [-0.05, 0) is 37.1 Å². The van der Waals surface area contributed by atoms with Gasteiger partial charge in [-0.25, -0.2) is 4.39 Å². The van der Waals surface area contributed by atoms with Crippen LogP contribution in [-0.4, -0.2) is 74.1 Å². The van der Waals surface area contributed by atoms with Gasteiger partial charge in [0.2, 0.25) is 5.91 Å². The molecule has 0 unspecified atom stereocenters. The molecule has 0 bridgehead atoms. The highest BCUT2D eigenvalue weighted by atomic mass is 19.1. The lowest BCUT2D eigenvalue weighted by Gasteiger charge is -2.36. The predicted octanol–water partition coefficient (Wildman–Crippen LogP) is 2.94. The maximum atomic E-state index is 14.0. The van der Waals surface area contributed by atoms with Gasteiger partial charge in [0.25, 0.3) is 5.91 Å². The average molecular weight is 456 g/mol. The monoisotopic (exact) mass is 455 g/mol. The van der Waals surface area contributed by atoms with Crippen molar-refractivity contribution >= 4 is 17.5 Å². The third kappa shape index (κ3) is 5.74. The second-order valence-electron chi connectivity index (χ2n) is 8.33. The molecule has 2 aromatic rings. The molecule has 1 aliphatic heterocycles. The van der Waals surface area contributed by atoms with E-state index in [2.05, 4.69) is 0 Å². The van der Waals surface area contributed by atoms with E-state index in [0.29, 0.717) is 49.9 Å². The van der Waals surface area contributed by atoms with E-state index in [1.54, 1.807) is 41.2 Å². The first-order chi connectivity index (χ1) is 16.1. The Bertz CT molecular complexity index is 974. The average Bonchev–Trinajstić information content (AvgIpc) is 3.68. The Morgan fingerprint density at radius 2 is 1.67 bits per heavy atom. The fraction of sp³-hybridized carbons (Fsp3) is 0.440. The van der Waals surface area contributed by atoms with Crippen LogP contribution in [0.15, 0.2) is 48.5 Å². The van der Waals surface area contributed by atoms with Crippen LogP contribution in [-0.2, 0) is 9.59 Å². The summed E-state index contributed by atoms with van der Waals surface area (Å²) < 4.78 is 25.0. The number of amides is 2. The highest BCUT2D eigenvalue weighted by Gasteiger charge is 2.33. The van der Waals surface area contributed by atoms with E-state index in [9.17, 15) is 14.0 Å². The molecular formula is C25H30FN3O4. The summed E-state index contributed by atoms with van der Waals surface area (Å²) in [5.74, 6) is 0.750. The molecule has 0 N–H and O–H groups in total. The first kappa shape index (κ1) is 22.9. The molecule has 2 fully saturated rings. The summed E-state index contributed by atoms with van der Waals surface area (Å²) >= 11 is 0. The predicted molar refractivity (Wildman–Crippen MR) is 123 cm³/mol. The summed E-state index contributed by atoms with van der Waals surface area (Å²) in [5, 5.41) is 0. The molecule has 2 aliphatic rings. The zero-order valence-electron chi connectivity index (χ0n) is 18.9. The first-order valence-electron chi connectivity index (χ1n) is 11.4. The maximum absolute atomic E-state index is 14.0. The number of para-hydroxylation sites is 3. The number of ether oxygens (including phenoxy) is 2. The van der Waals surface area contributed by atoms with E-state index in [4.69, 9.17) is 9.47 Å². The Kier molecular flexibility index (Phi) is 7.32. The minimum absolute atomic E-state index is 0.0206. The number of halogens is 1. The molecule has 2 aromatic carbocycles. The number of anilines is 1. The van der Waals surface area contributed by atoms with Gasteiger partial charge >= 0.3 is 0 Å². The summed E-state index contributed by atoms with van der Waals surface area (Å²) in [7, 11) is 1.56. The normalized spacial score (nSPS) is 15.8. The van der Waals surface area contributed by atoms with Gasteiger partial charge in [0, 0.05) is 45.2 Å². The molecule has 8 heteroatoms. The van der Waals surface area contributed by atoms with Crippen LogP contribution in [0.1, 0.15) is 19.3 Å². The SMILES string of the molecule is COc1ccccc1OCC(=O)N(CCC(=O)N1CCN(c2ccccc2F)CC1)C1CC1. The lowest BCUT2D eigenvalue weighted by Crippen LogP contribution is -2.49. The van der Waals surface area contributed by atoms with Gasteiger partial charge in [-0.15, -0.1) is 0 Å². The number of carbonyl (C=O) groups is 2. The number of hydrogen-bond acceptors (Lipinski definition) is 5. The number of methoxy groups -OCH3 is 1. The van der Waals surface area contributed by atoms with Gasteiger partial charge in [-0.1, -0.05) is 24.3 Å². The highest BCUT2D eigenvalue weighted by molar-refractivity contribution is 5.80. The van der Waals surface area contributed by atoms with Crippen LogP contribution in [0.25, 0.3) is 0 Å².